The van der Waals surface area contributed by atoms with Crippen LogP contribution in [0.15, 0.2) is 24.3 Å². The Kier molecular flexibility index (Phi) is 3.85. The third kappa shape index (κ3) is 3.30. The fourth-order valence-electron chi connectivity index (χ4n) is 2.20. The number of nitrogens with one attached hydrogen (secondary N) is 1. The highest BCUT2D eigenvalue weighted by molar-refractivity contribution is 5.26. The average molecular weight is 233 g/mol. The summed E-state index contributed by atoms with van der Waals surface area (Å²) in [6.45, 7) is 5.67. The highest BCUT2D eigenvalue weighted by Crippen LogP contribution is 2.44. The zero-order valence-electron chi connectivity index (χ0n) is 10.9. The fraction of sp³-hybridized carbons (Fsp3) is 0.600. The summed E-state index contributed by atoms with van der Waals surface area (Å²) in [6, 6.07) is 9.03. The van der Waals surface area contributed by atoms with Gasteiger partial charge in [-0.25, -0.2) is 0 Å². The lowest BCUT2D eigenvalue weighted by Gasteiger charge is -2.19. The number of benzene rings is 1. The Balaban J connectivity index is 1.81. The molecule has 1 atom stereocenters. The molecule has 1 aliphatic carbocycles. The van der Waals surface area contributed by atoms with Gasteiger partial charge < -0.3 is 10.4 Å². The quantitative estimate of drug-likeness (QED) is 0.790. The van der Waals surface area contributed by atoms with E-state index in [1.54, 1.807) is 0 Å². The molecule has 0 spiro atoms. The number of aryl methyl sites for hydroxylation is 1. The van der Waals surface area contributed by atoms with Crippen molar-refractivity contribution in [2.75, 3.05) is 13.2 Å². The predicted octanol–water partition coefficient (Wildman–Crippen LogP) is 2.29. The van der Waals surface area contributed by atoms with E-state index in [9.17, 15) is 5.11 Å². The monoisotopic (exact) mass is 233 g/mol. The van der Waals surface area contributed by atoms with Crippen LogP contribution in [0.2, 0.25) is 0 Å². The van der Waals surface area contributed by atoms with E-state index in [2.05, 4.69) is 43.4 Å². The number of hydrogen-bond donors (Lipinski definition) is 2. The molecule has 0 saturated heterocycles. The van der Waals surface area contributed by atoms with Crippen molar-refractivity contribution in [3.63, 3.8) is 0 Å². The van der Waals surface area contributed by atoms with Crippen LogP contribution in [-0.4, -0.2) is 24.3 Å². The Morgan fingerprint density at radius 3 is 2.65 bits per heavy atom. The lowest BCUT2D eigenvalue weighted by molar-refractivity contribution is 0.204. The van der Waals surface area contributed by atoms with Crippen molar-refractivity contribution in [3.8, 4) is 0 Å². The second-order valence-electron chi connectivity index (χ2n) is 5.57. The first-order chi connectivity index (χ1) is 8.15. The largest absolute Gasteiger partial charge is 0.396 e. The van der Waals surface area contributed by atoms with E-state index < -0.39 is 0 Å². The van der Waals surface area contributed by atoms with E-state index in [4.69, 9.17) is 0 Å². The molecule has 17 heavy (non-hydrogen) atoms. The van der Waals surface area contributed by atoms with Crippen LogP contribution in [0.1, 0.15) is 30.9 Å². The van der Waals surface area contributed by atoms with E-state index in [0.717, 1.165) is 13.0 Å². The summed E-state index contributed by atoms with van der Waals surface area (Å²) in [5.41, 5.74) is 2.99. The van der Waals surface area contributed by atoms with Gasteiger partial charge in [0, 0.05) is 24.6 Å². The summed E-state index contributed by atoms with van der Waals surface area (Å²) in [5.74, 6) is 0. The molecule has 1 fully saturated rings. The minimum atomic E-state index is 0.208. The maximum Gasteiger partial charge on any atom is 0.0499 e. The highest BCUT2D eigenvalue weighted by Gasteiger charge is 2.41. The SMILES string of the molecule is Cc1ccccc1C[C@@H](C)NCC1(CO)CC1. The molecule has 2 nitrogen and oxygen atoms in total. The van der Waals surface area contributed by atoms with Gasteiger partial charge in [-0.2, -0.15) is 0 Å². The van der Waals surface area contributed by atoms with Gasteiger partial charge in [0.15, 0.2) is 0 Å². The predicted molar refractivity (Wildman–Crippen MR) is 71.1 cm³/mol. The fourth-order valence-corrected chi connectivity index (χ4v) is 2.20. The van der Waals surface area contributed by atoms with Gasteiger partial charge >= 0.3 is 0 Å². The second kappa shape index (κ2) is 5.19. The van der Waals surface area contributed by atoms with Crippen LogP contribution < -0.4 is 5.32 Å². The molecule has 0 aromatic heterocycles. The van der Waals surface area contributed by atoms with E-state index in [1.807, 2.05) is 0 Å². The molecule has 0 heterocycles. The van der Waals surface area contributed by atoms with Crippen molar-refractivity contribution >= 4 is 0 Å². The second-order valence-corrected chi connectivity index (χ2v) is 5.57. The summed E-state index contributed by atoms with van der Waals surface area (Å²) in [4.78, 5) is 0. The zero-order chi connectivity index (χ0) is 12.3. The van der Waals surface area contributed by atoms with Crippen LogP contribution in [0.25, 0.3) is 0 Å². The third-order valence-corrected chi connectivity index (χ3v) is 3.91. The summed E-state index contributed by atoms with van der Waals surface area (Å²) in [5, 5.41) is 12.8. The molecule has 94 valence electrons. The molecule has 1 aromatic carbocycles. The van der Waals surface area contributed by atoms with Crippen molar-refractivity contribution in [1.29, 1.82) is 0 Å². The van der Waals surface area contributed by atoms with Crippen molar-refractivity contribution in [2.24, 2.45) is 5.41 Å². The van der Waals surface area contributed by atoms with Gasteiger partial charge in [-0.15, -0.1) is 0 Å². The Morgan fingerprint density at radius 1 is 1.35 bits per heavy atom. The van der Waals surface area contributed by atoms with Crippen molar-refractivity contribution < 1.29 is 5.11 Å². The van der Waals surface area contributed by atoms with Crippen LogP contribution in [0.3, 0.4) is 0 Å². The molecule has 0 amide bonds. The third-order valence-electron chi connectivity index (χ3n) is 3.91. The minimum Gasteiger partial charge on any atom is -0.396 e. The van der Waals surface area contributed by atoms with Crippen molar-refractivity contribution in [2.45, 2.75) is 39.2 Å². The van der Waals surface area contributed by atoms with Gasteiger partial charge in [0.1, 0.15) is 0 Å². The lowest BCUT2D eigenvalue weighted by atomic mass is 10.0. The molecule has 0 aliphatic heterocycles. The van der Waals surface area contributed by atoms with Gasteiger partial charge in [0.25, 0.3) is 0 Å². The molecular weight excluding hydrogens is 210 g/mol. The van der Waals surface area contributed by atoms with Crippen LogP contribution in [0.5, 0.6) is 0 Å². The molecule has 2 rings (SSSR count). The van der Waals surface area contributed by atoms with Crippen molar-refractivity contribution in [1.82, 2.24) is 5.32 Å². The molecule has 0 bridgehead atoms. The Hall–Kier alpha value is -0.860. The number of rotatable bonds is 6. The summed E-state index contributed by atoms with van der Waals surface area (Å²) in [7, 11) is 0. The van der Waals surface area contributed by atoms with Gasteiger partial charge in [-0.3, -0.25) is 0 Å². The number of hydrogen-bond acceptors (Lipinski definition) is 2. The number of aliphatic hydroxyl groups excluding tert-OH is 1. The van der Waals surface area contributed by atoms with E-state index in [0.29, 0.717) is 12.6 Å². The Labute approximate surface area is 104 Å². The normalized spacial score (nSPS) is 19.0. The van der Waals surface area contributed by atoms with Crippen LogP contribution >= 0.6 is 0 Å². The molecule has 0 unspecified atom stereocenters. The summed E-state index contributed by atoms with van der Waals surface area (Å²) in [6.07, 6.45) is 3.41. The van der Waals surface area contributed by atoms with Crippen LogP contribution in [-0.2, 0) is 6.42 Å². The van der Waals surface area contributed by atoms with E-state index in [-0.39, 0.29) is 5.41 Å². The lowest BCUT2D eigenvalue weighted by Crippen LogP contribution is -2.34. The first kappa shape index (κ1) is 12.6. The smallest absolute Gasteiger partial charge is 0.0499 e. The maximum absolute atomic E-state index is 9.26. The van der Waals surface area contributed by atoms with Gasteiger partial charge in [-0.1, -0.05) is 24.3 Å². The average Bonchev–Trinajstić information content (AvgIpc) is 3.10. The topological polar surface area (TPSA) is 32.3 Å². The van der Waals surface area contributed by atoms with Crippen molar-refractivity contribution in [3.05, 3.63) is 35.4 Å². The van der Waals surface area contributed by atoms with Gasteiger partial charge in [0.2, 0.25) is 0 Å². The Morgan fingerprint density at radius 2 is 2.06 bits per heavy atom. The zero-order valence-corrected chi connectivity index (χ0v) is 10.9. The molecule has 2 N–H and O–H groups in total. The van der Waals surface area contributed by atoms with Gasteiger partial charge in [0.05, 0.1) is 0 Å². The molecule has 1 saturated carbocycles. The molecule has 2 heteroatoms. The Bertz CT molecular complexity index is 371. The standard InChI is InChI=1S/C15H23NO/c1-12-5-3-4-6-14(12)9-13(2)16-10-15(11-17)7-8-15/h3-6,13,16-17H,7-11H2,1-2H3/t13-/m1/s1. The molecule has 1 aliphatic rings. The minimum absolute atomic E-state index is 0.208. The molecule has 1 aromatic rings. The summed E-state index contributed by atoms with van der Waals surface area (Å²) >= 11 is 0. The summed E-state index contributed by atoms with van der Waals surface area (Å²) < 4.78 is 0. The first-order valence-electron chi connectivity index (χ1n) is 6.54. The van der Waals surface area contributed by atoms with E-state index in [1.165, 1.54) is 24.0 Å². The van der Waals surface area contributed by atoms with Crippen LogP contribution in [0.4, 0.5) is 0 Å². The maximum atomic E-state index is 9.26. The molecular formula is C15H23NO. The van der Waals surface area contributed by atoms with Gasteiger partial charge in [-0.05, 0) is 44.2 Å². The highest BCUT2D eigenvalue weighted by atomic mass is 16.3. The van der Waals surface area contributed by atoms with Crippen LogP contribution in [0, 0.1) is 12.3 Å². The molecule has 0 radical (unpaired) electrons. The van der Waals surface area contributed by atoms with E-state index >= 15 is 0 Å². The number of aliphatic hydroxyl groups is 1. The first-order valence-corrected chi connectivity index (χ1v) is 6.54.